The summed E-state index contributed by atoms with van der Waals surface area (Å²) in [5.41, 5.74) is 2.14. The first-order valence-corrected chi connectivity index (χ1v) is 5.40. The molecule has 0 bridgehead atoms. The van der Waals surface area contributed by atoms with Gasteiger partial charge in [0.15, 0.2) is 11.5 Å². The lowest BCUT2D eigenvalue weighted by Gasteiger charge is -2.12. The van der Waals surface area contributed by atoms with Crippen LogP contribution >= 0.6 is 0 Å². The monoisotopic (exact) mass is 238 g/mol. The maximum Gasteiger partial charge on any atom is 0.305 e. The minimum atomic E-state index is -0.209. The fourth-order valence-electron chi connectivity index (χ4n) is 1.63. The van der Waals surface area contributed by atoms with Gasteiger partial charge in [-0.05, 0) is 36.6 Å². The summed E-state index contributed by atoms with van der Waals surface area (Å²) in [6.07, 6.45) is 1.01. The van der Waals surface area contributed by atoms with Crippen molar-refractivity contribution < 1.29 is 19.0 Å². The number of aryl methyl sites for hydroxylation is 2. The van der Waals surface area contributed by atoms with Gasteiger partial charge in [-0.3, -0.25) is 4.79 Å². The number of ether oxygens (including phenoxy) is 3. The second-order valence-corrected chi connectivity index (χ2v) is 3.71. The summed E-state index contributed by atoms with van der Waals surface area (Å²) in [4.78, 5) is 11.1. The van der Waals surface area contributed by atoms with Gasteiger partial charge in [-0.2, -0.15) is 0 Å². The van der Waals surface area contributed by atoms with Crippen molar-refractivity contribution in [1.29, 1.82) is 0 Å². The maximum absolute atomic E-state index is 11.1. The molecule has 1 aromatic rings. The lowest BCUT2D eigenvalue weighted by atomic mass is 10.0. The van der Waals surface area contributed by atoms with E-state index in [4.69, 9.17) is 9.47 Å². The molecule has 0 heterocycles. The van der Waals surface area contributed by atoms with Crippen LogP contribution in [0.15, 0.2) is 12.1 Å². The number of rotatable bonds is 5. The topological polar surface area (TPSA) is 44.8 Å². The molecule has 0 amide bonds. The van der Waals surface area contributed by atoms with Crippen molar-refractivity contribution in [1.82, 2.24) is 0 Å². The predicted octanol–water partition coefficient (Wildman–Crippen LogP) is 2.12. The second-order valence-electron chi connectivity index (χ2n) is 3.71. The average molecular weight is 238 g/mol. The van der Waals surface area contributed by atoms with Crippen molar-refractivity contribution in [2.45, 2.75) is 19.8 Å². The first-order chi connectivity index (χ1) is 8.12. The molecule has 0 N–H and O–H groups in total. The van der Waals surface area contributed by atoms with E-state index in [-0.39, 0.29) is 5.97 Å². The van der Waals surface area contributed by atoms with E-state index in [9.17, 15) is 4.79 Å². The van der Waals surface area contributed by atoms with Gasteiger partial charge >= 0.3 is 5.97 Å². The molecule has 0 radical (unpaired) electrons. The van der Waals surface area contributed by atoms with E-state index in [1.165, 1.54) is 7.11 Å². The number of hydrogen-bond acceptors (Lipinski definition) is 4. The summed E-state index contributed by atoms with van der Waals surface area (Å²) in [5.74, 6) is 1.17. The fourth-order valence-corrected chi connectivity index (χ4v) is 1.63. The molecular formula is C13H18O4. The smallest absolute Gasteiger partial charge is 0.305 e. The Morgan fingerprint density at radius 2 is 1.71 bits per heavy atom. The molecule has 0 aliphatic carbocycles. The van der Waals surface area contributed by atoms with Crippen LogP contribution in [0.4, 0.5) is 0 Å². The Labute approximate surface area is 101 Å². The normalized spacial score (nSPS) is 9.88. The second kappa shape index (κ2) is 6.13. The van der Waals surface area contributed by atoms with Gasteiger partial charge in [0.25, 0.3) is 0 Å². The van der Waals surface area contributed by atoms with E-state index in [1.54, 1.807) is 14.2 Å². The van der Waals surface area contributed by atoms with E-state index in [0.29, 0.717) is 24.3 Å². The molecule has 4 nitrogen and oxygen atoms in total. The molecule has 94 valence electrons. The summed E-state index contributed by atoms with van der Waals surface area (Å²) in [6.45, 7) is 1.98. The SMILES string of the molecule is COC(=O)CCc1cc(OC)c(OC)cc1C. The van der Waals surface area contributed by atoms with Crippen molar-refractivity contribution in [3.8, 4) is 11.5 Å². The highest BCUT2D eigenvalue weighted by Gasteiger charge is 2.10. The molecule has 0 saturated carbocycles. The first-order valence-electron chi connectivity index (χ1n) is 5.40. The third-order valence-electron chi connectivity index (χ3n) is 2.67. The zero-order chi connectivity index (χ0) is 12.8. The standard InChI is InChI=1S/C13H18O4/c1-9-7-11(15-2)12(16-3)8-10(9)5-6-13(14)17-4/h7-8H,5-6H2,1-4H3. The molecular weight excluding hydrogens is 220 g/mol. The van der Waals surface area contributed by atoms with Crippen LogP contribution in [0.2, 0.25) is 0 Å². The molecule has 17 heavy (non-hydrogen) atoms. The molecule has 0 aromatic heterocycles. The van der Waals surface area contributed by atoms with Gasteiger partial charge in [-0.1, -0.05) is 0 Å². The van der Waals surface area contributed by atoms with Gasteiger partial charge in [-0.15, -0.1) is 0 Å². The minimum absolute atomic E-state index is 0.209. The number of benzene rings is 1. The van der Waals surface area contributed by atoms with Crippen LogP contribution in [-0.4, -0.2) is 27.3 Å². The molecule has 1 aromatic carbocycles. The van der Waals surface area contributed by atoms with Gasteiger partial charge < -0.3 is 14.2 Å². The van der Waals surface area contributed by atoms with Crippen LogP contribution in [0.25, 0.3) is 0 Å². The van der Waals surface area contributed by atoms with Crippen molar-refractivity contribution in [2.24, 2.45) is 0 Å². The largest absolute Gasteiger partial charge is 0.493 e. The first kappa shape index (κ1) is 13.4. The van der Waals surface area contributed by atoms with Crippen LogP contribution in [-0.2, 0) is 16.0 Å². The number of esters is 1. The quantitative estimate of drug-likeness (QED) is 0.737. The van der Waals surface area contributed by atoms with Gasteiger partial charge in [-0.25, -0.2) is 0 Å². The molecule has 0 unspecified atom stereocenters. The summed E-state index contributed by atoms with van der Waals surface area (Å²) in [7, 11) is 4.59. The van der Waals surface area contributed by atoms with Crippen molar-refractivity contribution in [2.75, 3.05) is 21.3 Å². The van der Waals surface area contributed by atoms with Gasteiger partial charge in [0.05, 0.1) is 21.3 Å². The van der Waals surface area contributed by atoms with Gasteiger partial charge in [0.1, 0.15) is 0 Å². The summed E-state index contributed by atoms with van der Waals surface area (Å²) >= 11 is 0. The van der Waals surface area contributed by atoms with E-state index >= 15 is 0 Å². The van der Waals surface area contributed by atoms with E-state index in [1.807, 2.05) is 19.1 Å². The van der Waals surface area contributed by atoms with E-state index in [0.717, 1.165) is 11.1 Å². The highest BCUT2D eigenvalue weighted by Crippen LogP contribution is 2.30. The summed E-state index contributed by atoms with van der Waals surface area (Å²) < 4.78 is 15.0. The van der Waals surface area contributed by atoms with Crippen LogP contribution in [0, 0.1) is 6.92 Å². The molecule has 0 fully saturated rings. The third kappa shape index (κ3) is 3.37. The highest BCUT2D eigenvalue weighted by molar-refractivity contribution is 5.69. The van der Waals surface area contributed by atoms with Crippen LogP contribution in [0.5, 0.6) is 11.5 Å². The van der Waals surface area contributed by atoms with E-state index < -0.39 is 0 Å². The number of methoxy groups -OCH3 is 3. The van der Waals surface area contributed by atoms with Gasteiger partial charge in [0.2, 0.25) is 0 Å². The Kier molecular flexibility index (Phi) is 4.82. The minimum Gasteiger partial charge on any atom is -0.493 e. The van der Waals surface area contributed by atoms with Crippen molar-refractivity contribution >= 4 is 5.97 Å². The van der Waals surface area contributed by atoms with Crippen molar-refractivity contribution in [3.05, 3.63) is 23.3 Å². The van der Waals surface area contributed by atoms with Crippen molar-refractivity contribution in [3.63, 3.8) is 0 Å². The zero-order valence-corrected chi connectivity index (χ0v) is 10.7. The molecule has 0 aliphatic rings. The Morgan fingerprint density at radius 3 is 2.24 bits per heavy atom. The lowest BCUT2D eigenvalue weighted by molar-refractivity contribution is -0.140. The summed E-state index contributed by atoms with van der Waals surface area (Å²) in [5, 5.41) is 0. The lowest BCUT2D eigenvalue weighted by Crippen LogP contribution is -2.03. The van der Waals surface area contributed by atoms with Crippen LogP contribution < -0.4 is 9.47 Å². The molecule has 0 aliphatic heterocycles. The Hall–Kier alpha value is -1.71. The third-order valence-corrected chi connectivity index (χ3v) is 2.67. The van der Waals surface area contributed by atoms with E-state index in [2.05, 4.69) is 4.74 Å². The Bertz CT molecular complexity index is 399. The molecule has 1 rings (SSSR count). The zero-order valence-electron chi connectivity index (χ0n) is 10.7. The predicted molar refractivity (Wildman–Crippen MR) is 64.6 cm³/mol. The van der Waals surface area contributed by atoms with Crippen LogP contribution in [0.3, 0.4) is 0 Å². The number of hydrogen-bond donors (Lipinski definition) is 0. The molecule has 0 saturated heterocycles. The van der Waals surface area contributed by atoms with Gasteiger partial charge in [0, 0.05) is 6.42 Å². The molecule has 4 heteroatoms. The number of carbonyl (C=O) groups excluding carboxylic acids is 1. The highest BCUT2D eigenvalue weighted by atomic mass is 16.5. The van der Waals surface area contributed by atoms with Crippen LogP contribution in [0.1, 0.15) is 17.5 Å². The summed E-state index contributed by atoms with van der Waals surface area (Å²) in [6, 6.07) is 3.81. The Morgan fingerprint density at radius 1 is 1.12 bits per heavy atom. The molecule has 0 atom stereocenters. The average Bonchev–Trinajstić information content (AvgIpc) is 2.36. The fraction of sp³-hybridized carbons (Fsp3) is 0.462. The maximum atomic E-state index is 11.1. The Balaban J connectivity index is 2.89. The molecule has 0 spiro atoms. The number of carbonyl (C=O) groups is 1.